The fourth-order valence-electron chi connectivity index (χ4n) is 0.144. The third-order valence-corrected chi connectivity index (χ3v) is 0.305. The second kappa shape index (κ2) is 6.47. The van der Waals surface area contributed by atoms with Gasteiger partial charge in [-0.3, -0.25) is 4.79 Å². The van der Waals surface area contributed by atoms with E-state index < -0.39 is 0 Å². The fraction of sp³-hybridized carbons (Fsp3) is 0.500. The van der Waals surface area contributed by atoms with Crippen molar-refractivity contribution in [3.63, 3.8) is 0 Å². The van der Waals surface area contributed by atoms with Crippen molar-refractivity contribution in [3.8, 4) is 0 Å². The van der Waals surface area contributed by atoms with Crippen LogP contribution in [0.4, 0.5) is 0 Å². The number of rotatable bonds is 1. The first-order chi connectivity index (χ1) is 2.77. The molecule has 3 heteroatoms. The van der Waals surface area contributed by atoms with E-state index in [0.717, 1.165) is 0 Å². The van der Waals surface area contributed by atoms with E-state index in [1.807, 2.05) is 0 Å². The van der Waals surface area contributed by atoms with Gasteiger partial charge in [0.1, 0.15) is 0 Å². The number of hydrogen-bond acceptors (Lipinski definition) is 2. The minimum Gasteiger partial charge on any atom is -0.499 e. The van der Waals surface area contributed by atoms with Crippen LogP contribution >= 0.6 is 0 Å². The predicted octanol–water partition coefficient (Wildman–Crippen LogP) is -2.61. The Hall–Kier alpha value is 0.470. The normalized spacial score (nSPS) is 6.57. The predicted molar refractivity (Wildman–Crippen MR) is 22.0 cm³/mol. The first-order valence-corrected chi connectivity index (χ1v) is 1.70. The van der Waals surface area contributed by atoms with E-state index in [-0.39, 0.29) is 42.1 Å². The topological polar surface area (TPSA) is 26.3 Å². The maximum atomic E-state index is 9.78. The summed E-state index contributed by atoms with van der Waals surface area (Å²) in [5.74, 6) is -0.273. The van der Waals surface area contributed by atoms with Crippen molar-refractivity contribution in [1.82, 2.24) is 0 Å². The maximum Gasteiger partial charge on any atom is 1.00 e. The van der Waals surface area contributed by atoms with Crippen LogP contribution in [0.15, 0.2) is 0 Å². The second-order valence-electron chi connectivity index (χ2n) is 0.840. The summed E-state index contributed by atoms with van der Waals surface area (Å²) in [6.45, 7) is 4.87. The Labute approximate surface area is 65.5 Å². The summed E-state index contributed by atoms with van der Waals surface area (Å²) in [5.41, 5.74) is 0. The quantitative estimate of drug-likeness (QED) is 0.210. The monoisotopic (exact) mass is 110 g/mol. The van der Waals surface area contributed by atoms with Crippen LogP contribution in [0.5, 0.6) is 0 Å². The van der Waals surface area contributed by atoms with Gasteiger partial charge in [-0.2, -0.15) is 0 Å². The standard InChI is InChI=1S/C4H7O2.Na/c1-3-6-4(2)5;/h1,3H2,2H3;/q-1;+1. The molecule has 0 aliphatic carbocycles. The number of carbonyl (C=O) groups excluding carboxylic acids is 1. The van der Waals surface area contributed by atoms with E-state index in [1.54, 1.807) is 0 Å². The van der Waals surface area contributed by atoms with Crippen LogP contribution < -0.4 is 29.6 Å². The van der Waals surface area contributed by atoms with Crippen LogP contribution in [-0.2, 0) is 9.53 Å². The van der Waals surface area contributed by atoms with Crippen molar-refractivity contribution in [2.75, 3.05) is 6.61 Å². The summed E-state index contributed by atoms with van der Waals surface area (Å²) >= 11 is 0. The first-order valence-electron chi connectivity index (χ1n) is 1.70. The van der Waals surface area contributed by atoms with Crippen molar-refractivity contribution in [1.29, 1.82) is 0 Å². The molecule has 0 fully saturated rings. The van der Waals surface area contributed by atoms with Gasteiger partial charge in [-0.15, -0.1) is 0 Å². The molecule has 0 aromatic heterocycles. The van der Waals surface area contributed by atoms with Gasteiger partial charge in [0, 0.05) is 6.92 Å². The van der Waals surface area contributed by atoms with Gasteiger partial charge in [-0.05, 0) is 6.61 Å². The Kier molecular flexibility index (Phi) is 9.66. The van der Waals surface area contributed by atoms with Crippen LogP contribution in [0, 0.1) is 6.92 Å². The van der Waals surface area contributed by atoms with Crippen LogP contribution in [0.2, 0.25) is 0 Å². The molecule has 0 saturated heterocycles. The molecule has 0 N–H and O–H groups in total. The summed E-state index contributed by atoms with van der Waals surface area (Å²) < 4.78 is 4.29. The zero-order chi connectivity index (χ0) is 4.99. The minimum absolute atomic E-state index is 0. The van der Waals surface area contributed by atoms with Crippen molar-refractivity contribution in [2.45, 2.75) is 6.92 Å². The van der Waals surface area contributed by atoms with E-state index in [1.165, 1.54) is 6.92 Å². The smallest absolute Gasteiger partial charge is 0.499 e. The molecular formula is C4H7NaO2. The van der Waals surface area contributed by atoms with Gasteiger partial charge in [0.2, 0.25) is 0 Å². The van der Waals surface area contributed by atoms with E-state index in [2.05, 4.69) is 11.7 Å². The third-order valence-electron chi connectivity index (χ3n) is 0.305. The minimum atomic E-state index is -0.273. The zero-order valence-electron chi connectivity index (χ0n) is 4.73. The zero-order valence-corrected chi connectivity index (χ0v) is 6.73. The summed E-state index contributed by atoms with van der Waals surface area (Å²) in [6, 6.07) is 0. The van der Waals surface area contributed by atoms with Gasteiger partial charge >= 0.3 is 29.6 Å². The van der Waals surface area contributed by atoms with E-state index in [4.69, 9.17) is 0 Å². The molecule has 2 nitrogen and oxygen atoms in total. The molecule has 0 bridgehead atoms. The van der Waals surface area contributed by atoms with E-state index in [9.17, 15) is 4.79 Å². The van der Waals surface area contributed by atoms with Crippen molar-refractivity contribution < 1.29 is 39.1 Å². The Balaban J connectivity index is 0. The summed E-state index contributed by atoms with van der Waals surface area (Å²) in [4.78, 5) is 9.78. The number of ether oxygens (including phenoxy) is 1. The van der Waals surface area contributed by atoms with Gasteiger partial charge in [0.15, 0.2) is 0 Å². The van der Waals surface area contributed by atoms with Gasteiger partial charge in [-0.1, -0.05) is 0 Å². The molecule has 36 valence electrons. The average Bonchev–Trinajstić information content (AvgIpc) is 1.35. The van der Waals surface area contributed by atoms with E-state index >= 15 is 0 Å². The summed E-state index contributed by atoms with van der Waals surface area (Å²) in [5, 5.41) is 0. The summed E-state index contributed by atoms with van der Waals surface area (Å²) in [6.07, 6.45) is 0. The molecule has 0 aromatic carbocycles. The van der Waals surface area contributed by atoms with Gasteiger partial charge in [0.05, 0.1) is 0 Å². The molecule has 0 atom stereocenters. The molecule has 0 aliphatic rings. The fourth-order valence-corrected chi connectivity index (χ4v) is 0.144. The largest absolute Gasteiger partial charge is 1.00 e. The molecule has 0 heterocycles. The van der Waals surface area contributed by atoms with Gasteiger partial charge in [0.25, 0.3) is 5.97 Å². The molecular weight excluding hydrogens is 103 g/mol. The molecule has 0 spiro atoms. The Bertz CT molecular complexity index is 53.7. The van der Waals surface area contributed by atoms with Crippen LogP contribution in [-0.4, -0.2) is 12.6 Å². The average molecular weight is 110 g/mol. The van der Waals surface area contributed by atoms with Crippen LogP contribution in [0.1, 0.15) is 6.92 Å². The van der Waals surface area contributed by atoms with Crippen molar-refractivity contribution >= 4 is 5.97 Å². The molecule has 0 radical (unpaired) electrons. The summed E-state index contributed by atoms with van der Waals surface area (Å²) in [7, 11) is 0. The number of carbonyl (C=O) groups is 1. The third kappa shape index (κ3) is 10.7. The van der Waals surface area contributed by atoms with Gasteiger partial charge in [-0.25, -0.2) is 0 Å². The van der Waals surface area contributed by atoms with Crippen LogP contribution in [0.3, 0.4) is 0 Å². The molecule has 0 aliphatic heterocycles. The molecule has 0 saturated carbocycles. The second-order valence-corrected chi connectivity index (χ2v) is 0.840. The molecule has 7 heavy (non-hydrogen) atoms. The van der Waals surface area contributed by atoms with Crippen LogP contribution in [0.25, 0.3) is 0 Å². The Morgan fingerprint density at radius 1 is 1.86 bits per heavy atom. The first kappa shape index (κ1) is 10.5. The maximum absolute atomic E-state index is 9.78. The van der Waals surface area contributed by atoms with E-state index in [0.29, 0.717) is 0 Å². The molecule has 0 unspecified atom stereocenters. The number of hydrogen-bond donors (Lipinski definition) is 0. The Morgan fingerprint density at radius 3 is 2.29 bits per heavy atom. The Morgan fingerprint density at radius 2 is 2.29 bits per heavy atom. The van der Waals surface area contributed by atoms with Gasteiger partial charge < -0.3 is 11.7 Å². The SMILES string of the molecule is [CH2-]COC(C)=O.[Na+]. The molecule has 0 aromatic rings. The molecule has 0 rings (SSSR count). The van der Waals surface area contributed by atoms with Crippen molar-refractivity contribution in [2.24, 2.45) is 0 Å². The number of esters is 1. The van der Waals surface area contributed by atoms with Crippen molar-refractivity contribution in [3.05, 3.63) is 6.92 Å². The molecule has 0 amide bonds.